The van der Waals surface area contributed by atoms with Gasteiger partial charge in [0.1, 0.15) is 12.0 Å². The molecule has 0 radical (unpaired) electrons. The summed E-state index contributed by atoms with van der Waals surface area (Å²) in [5.41, 5.74) is 5.37. The first kappa shape index (κ1) is 6.58. The Bertz CT molecular complexity index is 160. The summed E-state index contributed by atoms with van der Waals surface area (Å²) in [7, 11) is 0. The lowest BCUT2D eigenvalue weighted by atomic mass is 10.6. The van der Waals surface area contributed by atoms with Crippen LogP contribution in [0, 0.1) is 0 Å². The molecule has 1 aromatic rings. The van der Waals surface area contributed by atoms with Crippen molar-refractivity contribution in [3.05, 3.63) is 16.8 Å². The second kappa shape index (κ2) is 2.85. The lowest BCUT2D eigenvalue weighted by Gasteiger charge is -2.05. The van der Waals surface area contributed by atoms with Gasteiger partial charge < -0.3 is 4.74 Å². The highest BCUT2D eigenvalue weighted by Crippen LogP contribution is 2.14. The maximum absolute atomic E-state index is 5.37. The summed E-state index contributed by atoms with van der Waals surface area (Å²) >= 11 is 1.60. The number of rotatable bonds is 2. The number of nitrogens with two attached hydrogens (primary N) is 1. The molecule has 1 unspecified atom stereocenters. The van der Waals surface area contributed by atoms with Crippen molar-refractivity contribution >= 4 is 11.3 Å². The van der Waals surface area contributed by atoms with E-state index in [1.54, 1.807) is 18.3 Å². The minimum Gasteiger partial charge on any atom is -0.475 e. The van der Waals surface area contributed by atoms with Gasteiger partial charge in [0.25, 0.3) is 0 Å². The lowest BCUT2D eigenvalue weighted by molar-refractivity contribution is 0.231. The molecule has 50 valence electrons. The molecule has 1 heterocycles. The van der Waals surface area contributed by atoms with E-state index in [9.17, 15) is 0 Å². The fraction of sp³-hybridized carbons (Fsp3) is 0.333. The molecule has 0 aliphatic heterocycles. The van der Waals surface area contributed by atoms with E-state index in [1.807, 2.05) is 16.8 Å². The Morgan fingerprint density at radius 1 is 1.78 bits per heavy atom. The van der Waals surface area contributed by atoms with Crippen LogP contribution in [0.25, 0.3) is 0 Å². The summed E-state index contributed by atoms with van der Waals surface area (Å²) in [6, 6.07) is 1.90. The molecule has 0 bridgehead atoms. The van der Waals surface area contributed by atoms with E-state index in [2.05, 4.69) is 0 Å². The van der Waals surface area contributed by atoms with Crippen molar-refractivity contribution in [2.75, 3.05) is 0 Å². The Balaban J connectivity index is 2.48. The Morgan fingerprint density at radius 3 is 3.00 bits per heavy atom. The van der Waals surface area contributed by atoms with Gasteiger partial charge in [0.05, 0.1) is 0 Å². The van der Waals surface area contributed by atoms with Crippen LogP contribution >= 0.6 is 11.3 Å². The van der Waals surface area contributed by atoms with Crippen LogP contribution in [0.5, 0.6) is 5.75 Å². The van der Waals surface area contributed by atoms with Crippen LogP contribution in [0.2, 0.25) is 0 Å². The summed E-state index contributed by atoms with van der Waals surface area (Å²) in [6.45, 7) is 1.80. The van der Waals surface area contributed by atoms with Crippen LogP contribution in [0.15, 0.2) is 16.8 Å². The van der Waals surface area contributed by atoms with Gasteiger partial charge in [-0.1, -0.05) is 0 Å². The van der Waals surface area contributed by atoms with Crippen molar-refractivity contribution in [1.29, 1.82) is 0 Å². The highest BCUT2D eigenvalue weighted by molar-refractivity contribution is 7.08. The van der Waals surface area contributed by atoms with Crippen molar-refractivity contribution in [1.82, 2.24) is 0 Å². The minimum atomic E-state index is -0.209. The van der Waals surface area contributed by atoms with Gasteiger partial charge in [-0.25, -0.2) is 0 Å². The van der Waals surface area contributed by atoms with E-state index in [4.69, 9.17) is 10.5 Å². The molecule has 0 aliphatic carbocycles. The molecule has 1 rings (SSSR count). The Labute approximate surface area is 58.3 Å². The van der Waals surface area contributed by atoms with Crippen LogP contribution in [0.4, 0.5) is 0 Å². The Hall–Kier alpha value is -0.540. The molecule has 0 saturated heterocycles. The second-order valence-corrected chi connectivity index (χ2v) is 2.56. The number of hydrogen-bond acceptors (Lipinski definition) is 3. The SMILES string of the molecule is CC(N)Oc1ccsc1. The average molecular weight is 143 g/mol. The van der Waals surface area contributed by atoms with Crippen LogP contribution in [-0.4, -0.2) is 6.23 Å². The smallest absolute Gasteiger partial charge is 0.144 e. The van der Waals surface area contributed by atoms with Crippen LogP contribution in [0.3, 0.4) is 0 Å². The van der Waals surface area contributed by atoms with E-state index < -0.39 is 0 Å². The molecule has 0 fully saturated rings. The standard InChI is InChI=1S/C6H9NOS/c1-5(7)8-6-2-3-9-4-6/h2-5H,7H2,1H3. The van der Waals surface area contributed by atoms with Gasteiger partial charge >= 0.3 is 0 Å². The van der Waals surface area contributed by atoms with E-state index in [1.165, 1.54) is 0 Å². The second-order valence-electron chi connectivity index (χ2n) is 1.78. The lowest BCUT2D eigenvalue weighted by Crippen LogP contribution is -2.21. The minimum absolute atomic E-state index is 0.209. The molecule has 3 heteroatoms. The third-order valence-corrected chi connectivity index (χ3v) is 1.48. The van der Waals surface area contributed by atoms with Crippen LogP contribution < -0.4 is 10.5 Å². The summed E-state index contributed by atoms with van der Waals surface area (Å²) in [5, 5.41) is 3.88. The van der Waals surface area contributed by atoms with E-state index in [0.717, 1.165) is 5.75 Å². The maximum Gasteiger partial charge on any atom is 0.144 e. The molecule has 1 atom stereocenters. The van der Waals surface area contributed by atoms with Gasteiger partial charge in [0.2, 0.25) is 0 Å². The molecule has 0 amide bonds. The molecule has 9 heavy (non-hydrogen) atoms. The van der Waals surface area contributed by atoms with Crippen molar-refractivity contribution in [3.8, 4) is 5.75 Å². The highest BCUT2D eigenvalue weighted by atomic mass is 32.1. The summed E-state index contributed by atoms with van der Waals surface area (Å²) < 4.78 is 5.14. The number of thiophene rings is 1. The topological polar surface area (TPSA) is 35.2 Å². The fourth-order valence-electron chi connectivity index (χ4n) is 0.534. The normalized spacial score (nSPS) is 13.1. The van der Waals surface area contributed by atoms with Crippen LogP contribution in [0.1, 0.15) is 6.92 Å². The number of ether oxygens (including phenoxy) is 1. The molecule has 0 spiro atoms. The molecule has 0 aromatic carbocycles. The van der Waals surface area contributed by atoms with Gasteiger partial charge in [-0.3, -0.25) is 5.73 Å². The quantitative estimate of drug-likeness (QED) is 0.636. The average Bonchev–Trinajstić information content (AvgIpc) is 2.15. The number of hydrogen-bond donors (Lipinski definition) is 1. The van der Waals surface area contributed by atoms with Gasteiger partial charge in [0.15, 0.2) is 0 Å². The van der Waals surface area contributed by atoms with Crippen molar-refractivity contribution < 1.29 is 4.74 Å². The highest BCUT2D eigenvalue weighted by Gasteiger charge is 1.94. The first-order valence-corrected chi connectivity index (χ1v) is 3.68. The monoisotopic (exact) mass is 143 g/mol. The predicted molar refractivity (Wildman–Crippen MR) is 38.6 cm³/mol. The zero-order valence-corrected chi connectivity index (χ0v) is 6.02. The largest absolute Gasteiger partial charge is 0.475 e. The summed E-state index contributed by atoms with van der Waals surface area (Å²) in [4.78, 5) is 0. The van der Waals surface area contributed by atoms with Gasteiger partial charge in [-0.15, -0.1) is 11.3 Å². The van der Waals surface area contributed by atoms with E-state index in [-0.39, 0.29) is 6.23 Å². The molecule has 0 aliphatic rings. The third kappa shape index (κ3) is 2.03. The first-order chi connectivity index (χ1) is 4.29. The molecule has 2 nitrogen and oxygen atoms in total. The zero-order chi connectivity index (χ0) is 6.69. The molecular weight excluding hydrogens is 134 g/mol. The molecule has 2 N–H and O–H groups in total. The summed E-state index contributed by atoms with van der Waals surface area (Å²) in [6.07, 6.45) is -0.209. The molecule has 1 aromatic heterocycles. The Morgan fingerprint density at radius 2 is 2.56 bits per heavy atom. The third-order valence-electron chi connectivity index (χ3n) is 0.817. The van der Waals surface area contributed by atoms with Gasteiger partial charge in [0, 0.05) is 5.38 Å². The first-order valence-electron chi connectivity index (χ1n) is 2.73. The van der Waals surface area contributed by atoms with Crippen molar-refractivity contribution in [3.63, 3.8) is 0 Å². The molecule has 0 saturated carbocycles. The fourth-order valence-corrected chi connectivity index (χ4v) is 1.09. The predicted octanol–water partition coefficient (Wildman–Crippen LogP) is 1.43. The van der Waals surface area contributed by atoms with Crippen molar-refractivity contribution in [2.45, 2.75) is 13.2 Å². The maximum atomic E-state index is 5.37. The van der Waals surface area contributed by atoms with Gasteiger partial charge in [-0.05, 0) is 18.4 Å². The molecular formula is C6H9NOS. The van der Waals surface area contributed by atoms with E-state index >= 15 is 0 Å². The zero-order valence-electron chi connectivity index (χ0n) is 5.20. The Kier molecular flexibility index (Phi) is 2.08. The van der Waals surface area contributed by atoms with Crippen LogP contribution in [-0.2, 0) is 0 Å². The summed E-state index contributed by atoms with van der Waals surface area (Å²) in [5.74, 6) is 0.856. The van der Waals surface area contributed by atoms with Gasteiger partial charge in [-0.2, -0.15) is 0 Å². The van der Waals surface area contributed by atoms with E-state index in [0.29, 0.717) is 0 Å². The van der Waals surface area contributed by atoms with Crippen molar-refractivity contribution in [2.24, 2.45) is 5.73 Å².